The summed E-state index contributed by atoms with van der Waals surface area (Å²) in [6.07, 6.45) is 4.20. The average Bonchev–Trinajstić information content (AvgIpc) is 3.21. The van der Waals surface area contributed by atoms with Crippen molar-refractivity contribution < 1.29 is 13.2 Å². The van der Waals surface area contributed by atoms with E-state index in [2.05, 4.69) is 9.71 Å². The molecule has 7 heteroatoms. The molecule has 1 atom stereocenters. The van der Waals surface area contributed by atoms with Crippen molar-refractivity contribution in [3.05, 3.63) is 59.9 Å². The Kier molecular flexibility index (Phi) is 5.68. The Labute approximate surface area is 154 Å². The van der Waals surface area contributed by atoms with Crippen LogP contribution in [0.4, 0.5) is 0 Å². The van der Waals surface area contributed by atoms with Gasteiger partial charge in [0.05, 0.1) is 16.6 Å². The number of pyridine rings is 1. The molecule has 0 unspecified atom stereocenters. The first-order valence-electron chi connectivity index (χ1n) is 8.84. The Morgan fingerprint density at radius 1 is 1.19 bits per heavy atom. The minimum Gasteiger partial charge on any atom is -0.339 e. The minimum atomic E-state index is -3.76. The maximum absolute atomic E-state index is 12.8. The standard InChI is InChI=1S/C19H23N3O3S/c1-2-17(18-10-3-4-11-20-18)21-26(24,25)16-9-7-8-15(14-16)19(23)22-12-5-6-13-22/h3-4,7-11,14,17,21H,2,5-6,12-13H2,1H3/t17-/m0/s1. The van der Waals surface area contributed by atoms with E-state index in [1.165, 1.54) is 12.1 Å². The Hall–Kier alpha value is -2.25. The summed E-state index contributed by atoms with van der Waals surface area (Å²) in [5, 5.41) is 0. The molecule has 2 heterocycles. The quantitative estimate of drug-likeness (QED) is 0.844. The van der Waals surface area contributed by atoms with Crippen molar-refractivity contribution in [2.45, 2.75) is 37.1 Å². The Morgan fingerprint density at radius 2 is 1.96 bits per heavy atom. The summed E-state index contributed by atoms with van der Waals surface area (Å²) in [5.41, 5.74) is 1.07. The second-order valence-electron chi connectivity index (χ2n) is 6.36. The van der Waals surface area contributed by atoms with Crippen LogP contribution in [0.2, 0.25) is 0 Å². The van der Waals surface area contributed by atoms with Crippen LogP contribution in [0.15, 0.2) is 53.6 Å². The summed E-state index contributed by atoms with van der Waals surface area (Å²) in [7, 11) is -3.76. The molecule has 1 aliphatic rings. The van der Waals surface area contributed by atoms with Crippen LogP contribution in [0.1, 0.15) is 48.3 Å². The number of aromatic nitrogens is 1. The SMILES string of the molecule is CC[C@H](NS(=O)(=O)c1cccc(C(=O)N2CCCC2)c1)c1ccccn1. The molecule has 0 bridgehead atoms. The van der Waals surface area contributed by atoms with E-state index in [0.29, 0.717) is 17.7 Å². The minimum absolute atomic E-state index is 0.0944. The number of likely N-dealkylation sites (tertiary alicyclic amines) is 1. The van der Waals surface area contributed by atoms with Gasteiger partial charge in [0, 0.05) is 24.8 Å². The molecule has 1 aromatic carbocycles. The summed E-state index contributed by atoms with van der Waals surface area (Å²) in [5.74, 6) is -0.115. The second-order valence-corrected chi connectivity index (χ2v) is 8.08. The third-order valence-corrected chi connectivity index (χ3v) is 6.00. The van der Waals surface area contributed by atoms with Gasteiger partial charge < -0.3 is 4.90 Å². The molecule has 0 radical (unpaired) electrons. The zero-order valence-electron chi connectivity index (χ0n) is 14.8. The molecule has 6 nitrogen and oxygen atoms in total. The number of carbonyl (C=O) groups excluding carboxylic acids is 1. The van der Waals surface area contributed by atoms with Gasteiger partial charge in [0.1, 0.15) is 0 Å². The topological polar surface area (TPSA) is 79.4 Å². The fraction of sp³-hybridized carbons (Fsp3) is 0.368. The van der Waals surface area contributed by atoms with Crippen molar-refractivity contribution in [2.75, 3.05) is 13.1 Å². The highest BCUT2D eigenvalue weighted by molar-refractivity contribution is 7.89. The zero-order chi connectivity index (χ0) is 18.6. The lowest BCUT2D eigenvalue weighted by molar-refractivity contribution is 0.0792. The maximum Gasteiger partial charge on any atom is 0.253 e. The number of benzene rings is 1. The highest BCUT2D eigenvalue weighted by atomic mass is 32.2. The Morgan fingerprint density at radius 3 is 2.62 bits per heavy atom. The van der Waals surface area contributed by atoms with Crippen LogP contribution in [-0.4, -0.2) is 37.3 Å². The zero-order valence-corrected chi connectivity index (χ0v) is 15.6. The van der Waals surface area contributed by atoms with E-state index in [9.17, 15) is 13.2 Å². The number of nitrogens with one attached hydrogen (secondary N) is 1. The van der Waals surface area contributed by atoms with Gasteiger partial charge in [-0.25, -0.2) is 13.1 Å². The van der Waals surface area contributed by atoms with Gasteiger partial charge >= 0.3 is 0 Å². The van der Waals surface area contributed by atoms with E-state index in [4.69, 9.17) is 0 Å². The Bertz CT molecular complexity index is 863. The molecular formula is C19H23N3O3S. The number of sulfonamides is 1. The molecule has 3 rings (SSSR count). The van der Waals surface area contributed by atoms with Crippen molar-refractivity contribution in [3.63, 3.8) is 0 Å². The lowest BCUT2D eigenvalue weighted by Crippen LogP contribution is -2.30. The molecule has 1 N–H and O–H groups in total. The average molecular weight is 373 g/mol. The molecule has 1 fully saturated rings. The molecule has 1 aliphatic heterocycles. The number of hydrogen-bond acceptors (Lipinski definition) is 4. The van der Waals surface area contributed by atoms with Gasteiger partial charge in [-0.05, 0) is 49.6 Å². The summed E-state index contributed by atoms with van der Waals surface area (Å²) >= 11 is 0. The lowest BCUT2D eigenvalue weighted by atomic mass is 10.1. The smallest absolute Gasteiger partial charge is 0.253 e. The predicted octanol–water partition coefficient (Wildman–Crippen LogP) is 2.75. The highest BCUT2D eigenvalue weighted by Gasteiger charge is 2.24. The van der Waals surface area contributed by atoms with E-state index in [-0.39, 0.29) is 10.8 Å². The van der Waals surface area contributed by atoms with Crippen LogP contribution < -0.4 is 4.72 Å². The largest absolute Gasteiger partial charge is 0.339 e. The van der Waals surface area contributed by atoms with Crippen molar-refractivity contribution >= 4 is 15.9 Å². The van der Waals surface area contributed by atoms with Gasteiger partial charge in [-0.3, -0.25) is 9.78 Å². The fourth-order valence-corrected chi connectivity index (χ4v) is 4.43. The molecule has 1 amide bonds. The molecule has 26 heavy (non-hydrogen) atoms. The highest BCUT2D eigenvalue weighted by Crippen LogP contribution is 2.20. The number of nitrogens with zero attached hydrogens (tertiary/aromatic N) is 2. The molecule has 1 aromatic heterocycles. The van der Waals surface area contributed by atoms with Gasteiger partial charge in [-0.15, -0.1) is 0 Å². The maximum atomic E-state index is 12.8. The van der Waals surface area contributed by atoms with E-state index >= 15 is 0 Å². The van der Waals surface area contributed by atoms with Crippen molar-refractivity contribution in [1.82, 2.24) is 14.6 Å². The van der Waals surface area contributed by atoms with E-state index in [1.807, 2.05) is 13.0 Å². The number of amides is 1. The van der Waals surface area contributed by atoms with E-state index in [1.54, 1.807) is 35.4 Å². The molecule has 0 saturated carbocycles. The van der Waals surface area contributed by atoms with Gasteiger partial charge in [-0.2, -0.15) is 0 Å². The van der Waals surface area contributed by atoms with E-state index in [0.717, 1.165) is 25.9 Å². The summed E-state index contributed by atoms with van der Waals surface area (Å²) in [6, 6.07) is 11.2. The number of carbonyl (C=O) groups is 1. The lowest BCUT2D eigenvalue weighted by Gasteiger charge is -2.18. The molecule has 2 aromatic rings. The van der Waals surface area contributed by atoms with E-state index < -0.39 is 16.1 Å². The normalized spacial score (nSPS) is 15.8. The number of rotatable bonds is 6. The summed E-state index contributed by atoms with van der Waals surface area (Å²) in [6.45, 7) is 3.35. The van der Waals surface area contributed by atoms with Crippen LogP contribution in [0.25, 0.3) is 0 Å². The Balaban J connectivity index is 1.82. The van der Waals surface area contributed by atoms with Crippen LogP contribution in [-0.2, 0) is 10.0 Å². The summed E-state index contributed by atoms with van der Waals surface area (Å²) < 4.78 is 28.3. The van der Waals surface area contributed by atoms with Gasteiger partial charge in [0.2, 0.25) is 10.0 Å². The van der Waals surface area contributed by atoms with Crippen molar-refractivity contribution in [2.24, 2.45) is 0 Å². The number of hydrogen-bond donors (Lipinski definition) is 1. The van der Waals surface area contributed by atoms with Gasteiger partial charge in [0.15, 0.2) is 0 Å². The van der Waals surface area contributed by atoms with Crippen LogP contribution in [0.5, 0.6) is 0 Å². The first-order chi connectivity index (χ1) is 12.5. The van der Waals surface area contributed by atoms with Crippen LogP contribution in [0, 0.1) is 0 Å². The van der Waals surface area contributed by atoms with Gasteiger partial charge in [0.25, 0.3) is 5.91 Å². The van der Waals surface area contributed by atoms with Crippen LogP contribution >= 0.6 is 0 Å². The first-order valence-corrected chi connectivity index (χ1v) is 10.3. The molecule has 1 saturated heterocycles. The second kappa shape index (κ2) is 7.97. The monoisotopic (exact) mass is 373 g/mol. The fourth-order valence-electron chi connectivity index (χ4n) is 3.09. The molecule has 138 valence electrons. The van der Waals surface area contributed by atoms with Gasteiger partial charge in [-0.1, -0.05) is 19.1 Å². The van der Waals surface area contributed by atoms with Crippen molar-refractivity contribution in [1.29, 1.82) is 0 Å². The molecule has 0 aliphatic carbocycles. The van der Waals surface area contributed by atoms with Crippen LogP contribution in [0.3, 0.4) is 0 Å². The summed E-state index contributed by atoms with van der Waals surface area (Å²) in [4.78, 5) is 18.6. The third kappa shape index (κ3) is 4.11. The molecular weight excluding hydrogens is 350 g/mol. The molecule has 0 spiro atoms. The third-order valence-electron chi connectivity index (χ3n) is 4.54. The first kappa shape index (κ1) is 18.5. The predicted molar refractivity (Wildman–Crippen MR) is 99.2 cm³/mol. The van der Waals surface area contributed by atoms with Crippen molar-refractivity contribution in [3.8, 4) is 0 Å².